The highest BCUT2D eigenvalue weighted by Gasteiger charge is 2.44. The zero-order valence-corrected chi connectivity index (χ0v) is 28.4. The molecule has 44 heavy (non-hydrogen) atoms. The highest BCUT2D eigenvalue weighted by molar-refractivity contribution is 7.52. The van der Waals surface area contributed by atoms with Gasteiger partial charge in [0.1, 0.15) is 13.1 Å². The number of cyclic esters (lactones) is 1. The molecule has 2 unspecified atom stereocenters. The van der Waals surface area contributed by atoms with Crippen molar-refractivity contribution >= 4 is 33.4 Å². The van der Waals surface area contributed by atoms with Crippen LogP contribution in [0, 0.1) is 11.8 Å². The van der Waals surface area contributed by atoms with Crippen LogP contribution in [0.3, 0.4) is 0 Å². The minimum absolute atomic E-state index is 0.231. The van der Waals surface area contributed by atoms with Crippen molar-refractivity contribution in [1.82, 2.24) is 10.2 Å². The van der Waals surface area contributed by atoms with E-state index in [1.165, 1.54) is 26.4 Å². The Bertz CT molecular complexity index is 1110. The van der Waals surface area contributed by atoms with E-state index in [-0.39, 0.29) is 18.4 Å². The summed E-state index contributed by atoms with van der Waals surface area (Å²) in [5.41, 5.74) is 0. The van der Waals surface area contributed by atoms with Crippen LogP contribution in [0.1, 0.15) is 66.7 Å². The lowest BCUT2D eigenvalue weighted by atomic mass is 9.90. The molecule has 1 saturated carbocycles. The average molecular weight is 667 g/mol. The molecule has 2 N–H and O–H groups in total. The Kier molecular flexibility index (Phi) is 15.9. The number of rotatable bonds is 14. The molecule has 2 rings (SSSR count). The van der Waals surface area contributed by atoms with E-state index in [0.717, 1.165) is 12.8 Å². The van der Waals surface area contributed by atoms with Crippen LogP contribution in [0.15, 0.2) is 24.3 Å². The molecule has 2 aliphatic rings. The van der Waals surface area contributed by atoms with E-state index in [1.807, 2.05) is 19.1 Å². The van der Waals surface area contributed by atoms with Crippen LogP contribution in [-0.2, 0) is 55.8 Å². The van der Waals surface area contributed by atoms with E-state index in [1.54, 1.807) is 27.7 Å². The molecule has 14 nitrogen and oxygen atoms in total. The van der Waals surface area contributed by atoms with Crippen molar-refractivity contribution in [2.75, 3.05) is 27.3 Å². The lowest BCUT2D eigenvalue weighted by Crippen LogP contribution is -2.31. The molecule has 1 heterocycles. The number of hydrogen-bond donors (Lipinski definition) is 2. The third-order valence-corrected chi connectivity index (χ3v) is 10.3. The minimum atomic E-state index is -4.15. The Hall–Kier alpha value is -1.89. The van der Waals surface area contributed by atoms with Gasteiger partial charge >= 0.3 is 33.4 Å². The second-order valence-corrected chi connectivity index (χ2v) is 14.7. The summed E-state index contributed by atoms with van der Waals surface area (Å²) in [6.07, 6.45) is 6.53. The number of methoxy groups -OCH3 is 2. The summed E-state index contributed by atoms with van der Waals surface area (Å²) >= 11 is 0. The maximum atomic E-state index is 13.9. The van der Waals surface area contributed by atoms with Gasteiger partial charge in [-0.05, 0) is 84.6 Å². The SMILES string of the molecule is COC(=O)CNP(=O)(OC(C)C)O[C@@H]1C[C@@H]2[C@H](/C=C/CCC[C@H](C)OC(=O)/C=C/[C@H]2OP(=O)(NCC(=O)OC)OC(C)C)C1. The quantitative estimate of drug-likeness (QED) is 0.114. The maximum Gasteiger partial charge on any atom is 0.406 e. The van der Waals surface area contributed by atoms with Gasteiger partial charge in [0, 0.05) is 6.08 Å². The largest absolute Gasteiger partial charge is 0.468 e. The number of fused-ring (bicyclic) bond motifs is 1. The van der Waals surface area contributed by atoms with E-state index >= 15 is 0 Å². The first-order valence-electron chi connectivity index (χ1n) is 14.8. The molecule has 0 aromatic heterocycles. The van der Waals surface area contributed by atoms with Gasteiger partial charge in [-0.1, -0.05) is 12.2 Å². The summed E-state index contributed by atoms with van der Waals surface area (Å²) in [4.78, 5) is 36.3. The molecule has 1 fully saturated rings. The van der Waals surface area contributed by atoms with Crippen LogP contribution >= 0.6 is 15.5 Å². The summed E-state index contributed by atoms with van der Waals surface area (Å²) in [5, 5.41) is 5.10. The maximum absolute atomic E-state index is 13.9. The van der Waals surface area contributed by atoms with Crippen molar-refractivity contribution in [3.63, 3.8) is 0 Å². The standard InChI is InChI=1S/C28H48N2O12P2/c1-19(2)39-43(34,29-17-27(32)36-6)41-23-15-22-12-10-8-9-11-21(5)38-26(31)14-13-25(24(22)16-23)42-44(35,40-20(3)4)30-18-28(33)37-7/h10,12-14,19-25H,8-9,11,15-18H2,1-7H3,(H,29,34)(H,30,35)/b12-10+,14-13+/t21-,22+,23-,24+,25+,43?,44?/m0/s1. The number of carbonyl (C=O) groups is 3. The Morgan fingerprint density at radius 3 is 2.05 bits per heavy atom. The zero-order chi connectivity index (χ0) is 32.9. The molecule has 0 radical (unpaired) electrons. The highest BCUT2D eigenvalue weighted by Crippen LogP contribution is 2.53. The van der Waals surface area contributed by atoms with Crippen molar-refractivity contribution in [3.8, 4) is 0 Å². The molecular weight excluding hydrogens is 618 g/mol. The van der Waals surface area contributed by atoms with E-state index in [4.69, 9.17) is 22.8 Å². The van der Waals surface area contributed by atoms with Gasteiger partial charge in [0.15, 0.2) is 0 Å². The fraction of sp³-hybridized carbons (Fsp3) is 0.750. The first-order valence-corrected chi connectivity index (χ1v) is 17.9. The fourth-order valence-corrected chi connectivity index (χ4v) is 8.10. The smallest absolute Gasteiger partial charge is 0.406 e. The monoisotopic (exact) mass is 666 g/mol. The number of allylic oxidation sites excluding steroid dienone is 2. The van der Waals surface area contributed by atoms with Gasteiger partial charge in [-0.15, -0.1) is 0 Å². The molecule has 0 aromatic carbocycles. The van der Waals surface area contributed by atoms with Crippen LogP contribution in [0.25, 0.3) is 0 Å². The van der Waals surface area contributed by atoms with Crippen molar-refractivity contribution in [1.29, 1.82) is 0 Å². The number of hydrogen-bond acceptors (Lipinski definition) is 12. The number of nitrogens with one attached hydrogen (secondary N) is 2. The van der Waals surface area contributed by atoms with Crippen LogP contribution in [0.4, 0.5) is 0 Å². The number of carbonyl (C=O) groups excluding carboxylic acids is 3. The topological polar surface area (TPSA) is 174 Å². The molecule has 0 aromatic rings. The van der Waals surface area contributed by atoms with Crippen molar-refractivity contribution in [3.05, 3.63) is 24.3 Å². The zero-order valence-electron chi connectivity index (χ0n) is 26.6. The summed E-state index contributed by atoms with van der Waals surface area (Å²) in [6.45, 7) is 7.67. The third-order valence-electron chi connectivity index (χ3n) is 6.68. The van der Waals surface area contributed by atoms with Crippen LogP contribution in [0.5, 0.6) is 0 Å². The van der Waals surface area contributed by atoms with Gasteiger partial charge in [0.25, 0.3) is 0 Å². The van der Waals surface area contributed by atoms with E-state index in [2.05, 4.69) is 19.6 Å². The molecule has 0 spiro atoms. The molecule has 0 saturated heterocycles. The first kappa shape index (κ1) is 38.3. The summed E-state index contributed by atoms with van der Waals surface area (Å²) in [7, 11) is -5.72. The van der Waals surface area contributed by atoms with Gasteiger partial charge in [-0.2, -0.15) is 0 Å². The first-order chi connectivity index (χ1) is 20.7. The normalized spacial score (nSPS) is 28.8. The highest BCUT2D eigenvalue weighted by atomic mass is 31.2. The summed E-state index contributed by atoms with van der Waals surface area (Å²) < 4.78 is 65.7. The average Bonchev–Trinajstić information content (AvgIpc) is 3.33. The van der Waals surface area contributed by atoms with E-state index in [0.29, 0.717) is 12.8 Å². The van der Waals surface area contributed by atoms with Gasteiger partial charge in [0.05, 0.1) is 44.7 Å². The van der Waals surface area contributed by atoms with Crippen LogP contribution in [-0.4, -0.2) is 75.7 Å². The van der Waals surface area contributed by atoms with Gasteiger partial charge < -0.3 is 14.2 Å². The third kappa shape index (κ3) is 13.6. The predicted molar refractivity (Wildman–Crippen MR) is 161 cm³/mol. The van der Waals surface area contributed by atoms with Crippen molar-refractivity contribution in [2.24, 2.45) is 11.8 Å². The Labute approximate surface area is 260 Å². The minimum Gasteiger partial charge on any atom is -0.468 e. The van der Waals surface area contributed by atoms with Gasteiger partial charge in [0.2, 0.25) is 0 Å². The predicted octanol–water partition coefficient (Wildman–Crippen LogP) is 4.60. The van der Waals surface area contributed by atoms with Gasteiger partial charge in [-0.3, -0.25) is 27.7 Å². The number of esters is 3. The van der Waals surface area contributed by atoms with Crippen LogP contribution in [0.2, 0.25) is 0 Å². The van der Waals surface area contributed by atoms with E-state index < -0.39 is 76.8 Å². The Balaban J connectivity index is 2.46. The lowest BCUT2D eigenvalue weighted by Gasteiger charge is -2.30. The molecule has 16 heteroatoms. The van der Waals surface area contributed by atoms with Crippen molar-refractivity contribution in [2.45, 2.75) is 97.2 Å². The van der Waals surface area contributed by atoms with E-state index in [9.17, 15) is 23.5 Å². The Morgan fingerprint density at radius 1 is 0.932 bits per heavy atom. The second kappa shape index (κ2) is 18.3. The fourth-order valence-electron chi connectivity index (χ4n) is 4.84. The Morgan fingerprint density at radius 2 is 1.50 bits per heavy atom. The van der Waals surface area contributed by atoms with Crippen molar-refractivity contribution < 1.29 is 55.8 Å². The molecular formula is C28H48N2O12P2. The lowest BCUT2D eigenvalue weighted by molar-refractivity contribution is -0.142. The van der Waals surface area contributed by atoms with Gasteiger partial charge in [-0.25, -0.2) is 24.1 Å². The molecule has 1 aliphatic carbocycles. The molecule has 0 bridgehead atoms. The van der Waals surface area contributed by atoms with Crippen LogP contribution < -0.4 is 10.2 Å². The molecule has 252 valence electrons. The summed E-state index contributed by atoms with van der Waals surface area (Å²) in [6, 6.07) is 0. The molecule has 0 amide bonds. The number of ether oxygens (including phenoxy) is 3. The second-order valence-electron chi connectivity index (χ2n) is 11.2. The molecule has 7 atom stereocenters. The summed E-state index contributed by atoms with van der Waals surface area (Å²) in [5.74, 6) is -2.60. The molecule has 1 aliphatic heterocycles.